The van der Waals surface area contributed by atoms with Crippen LogP contribution in [0.1, 0.15) is 11.3 Å². The highest BCUT2D eigenvalue weighted by atomic mass is 19.4. The summed E-state index contributed by atoms with van der Waals surface area (Å²) in [4.78, 5) is 17.5. The zero-order valence-corrected chi connectivity index (χ0v) is 21.8. The van der Waals surface area contributed by atoms with Gasteiger partial charge >= 0.3 is 6.18 Å². The number of hydrogen-bond donors (Lipinski definition) is 1. The Morgan fingerprint density at radius 2 is 1.43 bits per heavy atom. The van der Waals surface area contributed by atoms with Crippen molar-refractivity contribution in [3.8, 4) is 28.7 Å². The maximum Gasteiger partial charge on any atom is 0.453 e. The van der Waals surface area contributed by atoms with E-state index in [0.717, 1.165) is 11.4 Å². The van der Waals surface area contributed by atoms with Crippen LogP contribution in [0.4, 0.5) is 18.9 Å². The van der Waals surface area contributed by atoms with Crippen LogP contribution in [0.3, 0.4) is 0 Å². The lowest BCUT2D eigenvalue weighted by molar-refractivity contribution is -0.154. The Kier molecular flexibility index (Phi) is 7.49. The number of alkyl halides is 3. The molecule has 0 radical (unpaired) electrons. The maximum atomic E-state index is 14.1. The van der Waals surface area contributed by atoms with E-state index in [1.807, 2.05) is 29.2 Å². The molecular formula is C29H27F3N2O6. The van der Waals surface area contributed by atoms with E-state index in [2.05, 4.69) is 4.90 Å². The van der Waals surface area contributed by atoms with Crippen LogP contribution in [0.15, 0.2) is 69.9 Å². The maximum absolute atomic E-state index is 14.1. The molecular weight excluding hydrogens is 529 g/mol. The molecule has 8 nitrogen and oxygen atoms in total. The van der Waals surface area contributed by atoms with E-state index < -0.39 is 23.1 Å². The number of aromatic hydroxyl groups is 1. The highest BCUT2D eigenvalue weighted by Crippen LogP contribution is 2.40. The highest BCUT2D eigenvalue weighted by molar-refractivity contribution is 5.83. The van der Waals surface area contributed by atoms with Gasteiger partial charge in [-0.05, 0) is 60.7 Å². The summed E-state index contributed by atoms with van der Waals surface area (Å²) < 4.78 is 63.3. The summed E-state index contributed by atoms with van der Waals surface area (Å²) in [6, 6.07) is 16.0. The third-order valence-corrected chi connectivity index (χ3v) is 6.83. The van der Waals surface area contributed by atoms with Crippen molar-refractivity contribution in [3.05, 3.63) is 82.2 Å². The molecule has 210 valence electrons. The van der Waals surface area contributed by atoms with Crippen molar-refractivity contribution in [1.82, 2.24) is 4.90 Å². The number of ether oxygens (including phenoxy) is 3. The van der Waals surface area contributed by atoms with E-state index >= 15 is 0 Å². The summed E-state index contributed by atoms with van der Waals surface area (Å²) in [5.41, 5.74) is -0.181. The number of rotatable bonds is 7. The Balaban J connectivity index is 1.44. The first kappa shape index (κ1) is 27.2. The SMILES string of the molecule is COc1ccc(Oc2c(C(F)(F)F)oc3c(CN4CCN(c5ccc(OC)cc5)CC4)c(O)ccc3c2=O)cc1. The minimum Gasteiger partial charge on any atom is -0.507 e. The standard InChI is InChI=1S/C29H27F3N2O6/c1-37-19-5-3-18(4-6-19)34-15-13-33(14-16-34)17-23-24(35)12-11-22-25(36)27(28(29(30,31)32)40-26(22)23)39-21-9-7-20(38-2)8-10-21/h3-12,35H,13-17H2,1-2H3. The first-order chi connectivity index (χ1) is 19.2. The van der Waals surface area contributed by atoms with Gasteiger partial charge in [0.2, 0.25) is 11.2 Å². The smallest absolute Gasteiger partial charge is 0.453 e. The minimum absolute atomic E-state index is 0.00619. The molecule has 0 bridgehead atoms. The number of phenolic OH excluding ortho intramolecular Hbond substituents is 1. The molecule has 0 amide bonds. The monoisotopic (exact) mass is 556 g/mol. The van der Waals surface area contributed by atoms with E-state index in [-0.39, 0.29) is 34.6 Å². The van der Waals surface area contributed by atoms with Crippen molar-refractivity contribution >= 4 is 16.7 Å². The molecule has 0 saturated carbocycles. The van der Waals surface area contributed by atoms with E-state index in [4.69, 9.17) is 18.6 Å². The van der Waals surface area contributed by atoms with Gasteiger partial charge in [-0.15, -0.1) is 0 Å². The predicted octanol–water partition coefficient (Wildman–Crippen LogP) is 5.65. The van der Waals surface area contributed by atoms with E-state index in [0.29, 0.717) is 31.9 Å². The second kappa shape index (κ2) is 11.0. The van der Waals surface area contributed by atoms with Gasteiger partial charge in [0.1, 0.15) is 28.6 Å². The third-order valence-electron chi connectivity index (χ3n) is 6.83. The summed E-state index contributed by atoms with van der Waals surface area (Å²) in [6.45, 7) is 2.58. The quantitative estimate of drug-likeness (QED) is 0.313. The minimum atomic E-state index is -5.03. The molecule has 2 heterocycles. The number of benzene rings is 3. The van der Waals surface area contributed by atoms with Crippen molar-refractivity contribution in [2.75, 3.05) is 45.3 Å². The van der Waals surface area contributed by atoms with Gasteiger partial charge in [0.05, 0.1) is 25.2 Å². The second-order valence-electron chi connectivity index (χ2n) is 9.27. The summed E-state index contributed by atoms with van der Waals surface area (Å²) in [5, 5.41) is 10.5. The Morgan fingerprint density at radius 1 is 0.850 bits per heavy atom. The van der Waals surface area contributed by atoms with Gasteiger partial charge in [-0.2, -0.15) is 13.2 Å². The summed E-state index contributed by atoms with van der Waals surface area (Å²) in [7, 11) is 3.05. The van der Waals surface area contributed by atoms with E-state index in [1.165, 1.54) is 43.5 Å². The zero-order chi connectivity index (χ0) is 28.4. The van der Waals surface area contributed by atoms with Crippen LogP contribution >= 0.6 is 0 Å². The van der Waals surface area contributed by atoms with Gasteiger partial charge in [-0.3, -0.25) is 9.69 Å². The first-order valence-corrected chi connectivity index (χ1v) is 12.5. The number of halogens is 3. The number of nitrogens with zero attached hydrogens (tertiary/aromatic N) is 2. The molecule has 40 heavy (non-hydrogen) atoms. The third kappa shape index (κ3) is 5.50. The highest BCUT2D eigenvalue weighted by Gasteiger charge is 2.41. The number of piperazine rings is 1. The molecule has 1 N–H and O–H groups in total. The van der Waals surface area contributed by atoms with Gasteiger partial charge in [-0.25, -0.2) is 0 Å². The van der Waals surface area contributed by atoms with Crippen LogP contribution in [-0.2, 0) is 12.7 Å². The fourth-order valence-electron chi connectivity index (χ4n) is 4.66. The van der Waals surface area contributed by atoms with Crippen molar-refractivity contribution in [2.24, 2.45) is 0 Å². The molecule has 1 saturated heterocycles. The molecule has 0 unspecified atom stereocenters. The fourth-order valence-corrected chi connectivity index (χ4v) is 4.66. The van der Waals surface area contributed by atoms with Crippen LogP contribution in [0.25, 0.3) is 11.0 Å². The average molecular weight is 557 g/mol. The van der Waals surface area contributed by atoms with E-state index in [9.17, 15) is 23.1 Å². The van der Waals surface area contributed by atoms with Gasteiger partial charge in [0, 0.05) is 38.4 Å². The number of anilines is 1. The fraction of sp³-hybridized carbons (Fsp3) is 0.276. The van der Waals surface area contributed by atoms with Crippen molar-refractivity contribution in [2.45, 2.75) is 12.7 Å². The lowest BCUT2D eigenvalue weighted by Crippen LogP contribution is -2.46. The van der Waals surface area contributed by atoms with Crippen molar-refractivity contribution < 1.29 is 36.9 Å². The summed E-state index contributed by atoms with van der Waals surface area (Å²) in [6.07, 6.45) is -5.03. The molecule has 5 rings (SSSR count). The average Bonchev–Trinajstić information content (AvgIpc) is 2.96. The Hall–Kier alpha value is -4.38. The number of hydrogen-bond acceptors (Lipinski definition) is 8. The molecule has 0 spiro atoms. The van der Waals surface area contributed by atoms with Crippen LogP contribution in [0.2, 0.25) is 0 Å². The van der Waals surface area contributed by atoms with E-state index in [1.54, 1.807) is 7.11 Å². The topological polar surface area (TPSA) is 84.6 Å². The van der Waals surface area contributed by atoms with Crippen LogP contribution < -0.4 is 24.5 Å². The molecule has 1 aliphatic heterocycles. The van der Waals surface area contributed by atoms with Gasteiger partial charge in [-0.1, -0.05) is 0 Å². The van der Waals surface area contributed by atoms with Gasteiger partial charge < -0.3 is 28.6 Å². The Morgan fingerprint density at radius 3 is 2.00 bits per heavy atom. The van der Waals surface area contributed by atoms with Crippen LogP contribution in [-0.4, -0.2) is 50.4 Å². The van der Waals surface area contributed by atoms with Crippen LogP contribution in [0.5, 0.6) is 28.7 Å². The second-order valence-corrected chi connectivity index (χ2v) is 9.27. The summed E-state index contributed by atoms with van der Waals surface area (Å²) >= 11 is 0. The molecule has 1 aliphatic rings. The van der Waals surface area contributed by atoms with Crippen molar-refractivity contribution in [3.63, 3.8) is 0 Å². The largest absolute Gasteiger partial charge is 0.507 e. The molecule has 11 heteroatoms. The lowest BCUT2D eigenvalue weighted by atomic mass is 10.1. The molecule has 1 fully saturated rings. The van der Waals surface area contributed by atoms with Gasteiger partial charge in [0.15, 0.2) is 0 Å². The molecule has 3 aromatic carbocycles. The van der Waals surface area contributed by atoms with Gasteiger partial charge in [0.25, 0.3) is 5.76 Å². The number of fused-ring (bicyclic) bond motifs is 1. The van der Waals surface area contributed by atoms with Crippen LogP contribution in [0, 0.1) is 0 Å². The Labute approximate surface area is 227 Å². The zero-order valence-electron chi connectivity index (χ0n) is 21.8. The number of phenols is 1. The predicted molar refractivity (Wildman–Crippen MR) is 143 cm³/mol. The first-order valence-electron chi connectivity index (χ1n) is 12.5. The Bertz CT molecular complexity index is 1540. The summed E-state index contributed by atoms with van der Waals surface area (Å²) in [5.74, 6) is -1.58. The van der Waals surface area contributed by atoms with Crippen molar-refractivity contribution in [1.29, 1.82) is 0 Å². The molecule has 0 aliphatic carbocycles. The molecule has 0 atom stereocenters. The normalized spacial score (nSPS) is 14.4. The lowest BCUT2D eigenvalue weighted by Gasteiger charge is -2.36. The molecule has 4 aromatic rings. The number of methoxy groups -OCH3 is 2. The molecule has 1 aromatic heterocycles.